The summed E-state index contributed by atoms with van der Waals surface area (Å²) in [5.74, 6) is -0.801. The molecule has 0 aliphatic heterocycles. The van der Waals surface area contributed by atoms with Crippen LogP contribution in [0.15, 0.2) is 53.4 Å². The molecular formula is C18H19NO6S. The van der Waals surface area contributed by atoms with E-state index in [4.69, 9.17) is 9.47 Å². The first-order valence-corrected chi connectivity index (χ1v) is 9.69. The van der Waals surface area contributed by atoms with E-state index in [0.29, 0.717) is 5.69 Å². The van der Waals surface area contributed by atoms with Gasteiger partial charge in [0.15, 0.2) is 16.4 Å². The number of benzene rings is 2. The Labute approximate surface area is 151 Å². The summed E-state index contributed by atoms with van der Waals surface area (Å²) in [6.45, 7) is 1.57. The molecule has 0 unspecified atom stereocenters. The first kappa shape index (κ1) is 19.5. The molecule has 0 radical (unpaired) electrons. The first-order valence-electron chi connectivity index (χ1n) is 7.80. The summed E-state index contributed by atoms with van der Waals surface area (Å²) in [6.07, 6.45) is 1.09. The van der Waals surface area contributed by atoms with Gasteiger partial charge in [-0.25, -0.2) is 13.2 Å². The minimum absolute atomic E-state index is 0.101. The molecule has 0 fully saturated rings. The van der Waals surface area contributed by atoms with E-state index >= 15 is 0 Å². The average molecular weight is 377 g/mol. The van der Waals surface area contributed by atoms with Crippen LogP contribution in [0.1, 0.15) is 17.3 Å². The lowest BCUT2D eigenvalue weighted by atomic mass is 10.2. The highest BCUT2D eigenvalue weighted by molar-refractivity contribution is 7.90. The van der Waals surface area contributed by atoms with Gasteiger partial charge in [0.25, 0.3) is 5.91 Å². The number of rotatable bonds is 7. The molecule has 8 heteroatoms. The van der Waals surface area contributed by atoms with Crippen molar-refractivity contribution in [1.82, 2.24) is 0 Å². The summed E-state index contributed by atoms with van der Waals surface area (Å²) in [6, 6.07) is 12.3. The molecule has 1 amide bonds. The second-order valence-corrected chi connectivity index (χ2v) is 7.37. The van der Waals surface area contributed by atoms with Crippen LogP contribution < -0.4 is 10.1 Å². The fourth-order valence-electron chi connectivity index (χ4n) is 2.11. The van der Waals surface area contributed by atoms with Crippen molar-refractivity contribution >= 4 is 27.4 Å². The second-order valence-electron chi connectivity index (χ2n) is 5.35. The highest BCUT2D eigenvalue weighted by atomic mass is 32.2. The number of esters is 1. The zero-order chi connectivity index (χ0) is 19.2. The zero-order valence-electron chi connectivity index (χ0n) is 14.4. The molecule has 0 saturated carbocycles. The number of hydrogen-bond acceptors (Lipinski definition) is 6. The second kappa shape index (κ2) is 8.48. The first-order chi connectivity index (χ1) is 12.3. The fourth-order valence-corrected chi connectivity index (χ4v) is 2.78. The molecule has 0 atom stereocenters. The fraction of sp³-hybridized carbons (Fsp3) is 0.222. The van der Waals surface area contributed by atoms with Crippen LogP contribution in [-0.2, 0) is 19.4 Å². The van der Waals surface area contributed by atoms with E-state index in [1.807, 2.05) is 0 Å². The molecule has 7 nitrogen and oxygen atoms in total. The lowest BCUT2D eigenvalue weighted by Crippen LogP contribution is -2.21. The van der Waals surface area contributed by atoms with E-state index in [1.54, 1.807) is 37.3 Å². The summed E-state index contributed by atoms with van der Waals surface area (Å²) >= 11 is 0. The largest absolute Gasteiger partial charge is 0.483 e. The number of ether oxygens (including phenoxy) is 2. The molecule has 26 heavy (non-hydrogen) atoms. The van der Waals surface area contributed by atoms with Crippen LogP contribution in [0.4, 0.5) is 5.69 Å². The maximum absolute atomic E-state index is 12.1. The van der Waals surface area contributed by atoms with Gasteiger partial charge in [0.2, 0.25) is 0 Å². The lowest BCUT2D eigenvalue weighted by molar-refractivity contribution is -0.118. The summed E-state index contributed by atoms with van der Waals surface area (Å²) in [5, 5.41) is 2.55. The van der Waals surface area contributed by atoms with Gasteiger partial charge in [-0.3, -0.25) is 4.79 Å². The van der Waals surface area contributed by atoms with Crippen molar-refractivity contribution in [2.24, 2.45) is 0 Å². The van der Waals surface area contributed by atoms with E-state index in [9.17, 15) is 18.0 Å². The molecule has 0 heterocycles. The number of para-hydroxylation sites is 1. The van der Waals surface area contributed by atoms with Crippen molar-refractivity contribution < 1.29 is 27.5 Å². The van der Waals surface area contributed by atoms with Gasteiger partial charge in [0, 0.05) is 11.9 Å². The van der Waals surface area contributed by atoms with Crippen LogP contribution >= 0.6 is 0 Å². The number of carbonyl (C=O) groups excluding carboxylic acids is 2. The molecule has 0 bridgehead atoms. The van der Waals surface area contributed by atoms with Crippen molar-refractivity contribution in [3.05, 3.63) is 54.1 Å². The van der Waals surface area contributed by atoms with Crippen molar-refractivity contribution in [3.8, 4) is 5.75 Å². The third-order valence-corrected chi connectivity index (χ3v) is 4.40. The van der Waals surface area contributed by atoms with Crippen molar-refractivity contribution in [3.63, 3.8) is 0 Å². The molecule has 1 N–H and O–H groups in total. The van der Waals surface area contributed by atoms with Gasteiger partial charge in [-0.15, -0.1) is 0 Å². The van der Waals surface area contributed by atoms with Gasteiger partial charge in [-0.1, -0.05) is 18.2 Å². The SMILES string of the molecule is CCOC(=O)c1ccccc1OCC(=O)Nc1cccc(S(C)(=O)=O)c1. The Hall–Kier alpha value is -2.87. The monoisotopic (exact) mass is 377 g/mol. The molecule has 0 saturated heterocycles. The van der Waals surface area contributed by atoms with E-state index in [1.165, 1.54) is 18.2 Å². The Morgan fingerprint density at radius 2 is 1.81 bits per heavy atom. The summed E-state index contributed by atoms with van der Waals surface area (Å²) in [4.78, 5) is 24.0. The van der Waals surface area contributed by atoms with E-state index in [-0.39, 0.29) is 29.4 Å². The number of sulfone groups is 1. The molecule has 2 aromatic rings. The quantitative estimate of drug-likeness (QED) is 0.743. The standard InChI is InChI=1S/C18H19NO6S/c1-3-24-18(21)15-9-4-5-10-16(15)25-12-17(20)19-13-7-6-8-14(11-13)26(2,22)23/h4-11H,3,12H2,1-2H3,(H,19,20). The Kier molecular flexibility index (Phi) is 6.35. The number of anilines is 1. The smallest absolute Gasteiger partial charge is 0.341 e. The van der Waals surface area contributed by atoms with E-state index < -0.39 is 21.7 Å². The highest BCUT2D eigenvalue weighted by Gasteiger charge is 2.14. The molecular weight excluding hydrogens is 358 g/mol. The van der Waals surface area contributed by atoms with Crippen LogP contribution in [0, 0.1) is 0 Å². The van der Waals surface area contributed by atoms with Gasteiger partial charge in [0.1, 0.15) is 11.3 Å². The van der Waals surface area contributed by atoms with E-state index in [2.05, 4.69) is 5.32 Å². The molecule has 0 aliphatic carbocycles. The third-order valence-electron chi connectivity index (χ3n) is 3.29. The number of amides is 1. The average Bonchev–Trinajstić information content (AvgIpc) is 2.60. The Balaban J connectivity index is 2.03. The van der Waals surface area contributed by atoms with Crippen molar-refractivity contribution in [2.45, 2.75) is 11.8 Å². The van der Waals surface area contributed by atoms with Crippen LogP contribution in [0.3, 0.4) is 0 Å². The Morgan fingerprint density at radius 3 is 2.50 bits per heavy atom. The number of nitrogens with one attached hydrogen (secondary N) is 1. The topological polar surface area (TPSA) is 98.8 Å². The Bertz CT molecular complexity index is 907. The molecule has 0 aliphatic rings. The van der Waals surface area contributed by atoms with Gasteiger partial charge < -0.3 is 14.8 Å². The van der Waals surface area contributed by atoms with Crippen LogP contribution in [0.25, 0.3) is 0 Å². The van der Waals surface area contributed by atoms with Gasteiger partial charge in [-0.2, -0.15) is 0 Å². The molecule has 2 rings (SSSR count). The van der Waals surface area contributed by atoms with Gasteiger partial charge in [-0.05, 0) is 37.3 Å². The summed E-state index contributed by atoms with van der Waals surface area (Å²) < 4.78 is 33.5. The lowest BCUT2D eigenvalue weighted by Gasteiger charge is -2.11. The predicted octanol–water partition coefficient (Wildman–Crippen LogP) is 2.28. The van der Waals surface area contributed by atoms with Crippen molar-refractivity contribution in [2.75, 3.05) is 24.8 Å². The maximum atomic E-state index is 12.1. The number of hydrogen-bond donors (Lipinski definition) is 1. The van der Waals surface area contributed by atoms with E-state index in [0.717, 1.165) is 6.26 Å². The zero-order valence-corrected chi connectivity index (χ0v) is 15.2. The van der Waals surface area contributed by atoms with Crippen LogP contribution in [0.2, 0.25) is 0 Å². The van der Waals surface area contributed by atoms with Crippen LogP contribution in [0.5, 0.6) is 5.75 Å². The predicted molar refractivity (Wildman–Crippen MR) is 96.1 cm³/mol. The van der Waals surface area contributed by atoms with Crippen molar-refractivity contribution in [1.29, 1.82) is 0 Å². The number of carbonyl (C=O) groups is 2. The summed E-state index contributed by atoms with van der Waals surface area (Å²) in [5.41, 5.74) is 0.557. The molecule has 0 aromatic heterocycles. The Morgan fingerprint density at radius 1 is 1.08 bits per heavy atom. The minimum Gasteiger partial charge on any atom is -0.483 e. The highest BCUT2D eigenvalue weighted by Crippen LogP contribution is 2.19. The van der Waals surface area contributed by atoms with Gasteiger partial charge >= 0.3 is 5.97 Å². The molecule has 138 valence electrons. The minimum atomic E-state index is -3.37. The third kappa shape index (κ3) is 5.32. The maximum Gasteiger partial charge on any atom is 0.341 e. The van der Waals surface area contributed by atoms with Crippen LogP contribution in [-0.4, -0.2) is 39.8 Å². The summed E-state index contributed by atoms with van der Waals surface area (Å²) in [7, 11) is -3.37. The molecule has 0 spiro atoms. The normalized spacial score (nSPS) is 10.8. The van der Waals surface area contributed by atoms with Gasteiger partial charge in [0.05, 0.1) is 11.5 Å². The molecule has 2 aromatic carbocycles.